The van der Waals surface area contributed by atoms with Gasteiger partial charge < -0.3 is 10.5 Å². The Bertz CT molecular complexity index is 127. The molecular weight excluding hydrogens is 102 g/mol. The Hall–Kier alpha value is -0.520. The molecule has 0 aromatic carbocycles. The average Bonchev–Trinajstić information content (AvgIpc) is 2.45. The maximum atomic E-state index is 5.41. The molecule has 0 saturated carbocycles. The first-order chi connectivity index (χ1) is 3.75. The number of ether oxygens (including phenoxy) is 1. The van der Waals surface area contributed by atoms with E-state index >= 15 is 0 Å². The zero-order valence-corrected chi connectivity index (χ0v) is 4.79. The van der Waals surface area contributed by atoms with Gasteiger partial charge in [-0.25, -0.2) is 0 Å². The molecule has 2 nitrogen and oxygen atoms in total. The molecule has 0 amide bonds. The molecule has 1 fully saturated rings. The Kier molecular flexibility index (Phi) is 1.24. The van der Waals surface area contributed by atoms with Crippen molar-refractivity contribution >= 4 is 0 Å². The number of hydrogen-bond donors (Lipinski definition) is 1. The lowest BCUT2D eigenvalue weighted by atomic mass is 10.2. The van der Waals surface area contributed by atoms with E-state index in [2.05, 4.69) is 5.92 Å². The molecule has 1 aliphatic heterocycles. The smallest absolute Gasteiger partial charge is 0.110 e. The van der Waals surface area contributed by atoms with E-state index in [1.165, 1.54) is 0 Å². The van der Waals surface area contributed by atoms with E-state index in [1.54, 1.807) is 0 Å². The summed E-state index contributed by atoms with van der Waals surface area (Å²) in [6, 6.07) is -0.204. The second-order valence-corrected chi connectivity index (χ2v) is 2.00. The third-order valence-corrected chi connectivity index (χ3v) is 1.30. The number of epoxide rings is 1. The quantitative estimate of drug-likeness (QED) is 0.374. The van der Waals surface area contributed by atoms with Gasteiger partial charge in [-0.1, -0.05) is 5.92 Å². The fraction of sp³-hybridized carbons (Fsp3) is 0.667. The molecule has 1 heterocycles. The summed E-state index contributed by atoms with van der Waals surface area (Å²) < 4.78 is 5.00. The molecule has 1 rings (SSSR count). The zero-order chi connectivity index (χ0) is 6.15. The highest BCUT2D eigenvalue weighted by atomic mass is 16.6. The van der Waals surface area contributed by atoms with Crippen LogP contribution in [0.4, 0.5) is 0 Å². The fourth-order valence-electron chi connectivity index (χ4n) is 0.674. The molecule has 0 aliphatic carbocycles. The fourth-order valence-corrected chi connectivity index (χ4v) is 0.674. The van der Waals surface area contributed by atoms with Crippen LogP contribution in [0.3, 0.4) is 0 Å². The maximum Gasteiger partial charge on any atom is 0.110 e. The first-order valence-corrected chi connectivity index (χ1v) is 2.63. The normalized spacial score (nSPS) is 38.1. The van der Waals surface area contributed by atoms with Crippen LogP contribution < -0.4 is 5.73 Å². The van der Waals surface area contributed by atoms with Crippen LogP contribution in [-0.2, 0) is 4.74 Å². The number of terminal acetylenes is 1. The predicted octanol–water partition coefficient (Wildman–Crippen LogP) is -0.266. The van der Waals surface area contributed by atoms with Crippen LogP contribution in [0.1, 0.15) is 6.92 Å². The number of nitrogens with two attached hydrogens (primary N) is 1. The van der Waals surface area contributed by atoms with Crippen LogP contribution in [0.25, 0.3) is 0 Å². The molecule has 2 heteroatoms. The summed E-state index contributed by atoms with van der Waals surface area (Å²) in [6.45, 7) is 1.96. The lowest BCUT2D eigenvalue weighted by Crippen LogP contribution is -2.25. The van der Waals surface area contributed by atoms with Gasteiger partial charge in [0.1, 0.15) is 6.10 Å². The van der Waals surface area contributed by atoms with Crippen LogP contribution in [0.2, 0.25) is 0 Å². The first kappa shape index (κ1) is 5.61. The number of hydrogen-bond acceptors (Lipinski definition) is 2. The Morgan fingerprint density at radius 3 is 2.50 bits per heavy atom. The van der Waals surface area contributed by atoms with Crippen LogP contribution in [0.5, 0.6) is 0 Å². The third-order valence-electron chi connectivity index (χ3n) is 1.30. The summed E-state index contributed by atoms with van der Waals surface area (Å²) in [5, 5.41) is 0. The lowest BCUT2D eigenvalue weighted by molar-refractivity contribution is 0.369. The maximum absolute atomic E-state index is 5.41. The molecule has 0 radical (unpaired) electrons. The summed E-state index contributed by atoms with van der Waals surface area (Å²) in [4.78, 5) is 0. The largest absolute Gasteiger partial charge is 0.367 e. The summed E-state index contributed by atoms with van der Waals surface area (Å²) >= 11 is 0. The van der Waals surface area contributed by atoms with Crippen molar-refractivity contribution in [1.29, 1.82) is 0 Å². The van der Waals surface area contributed by atoms with E-state index in [-0.39, 0.29) is 18.2 Å². The van der Waals surface area contributed by atoms with Gasteiger partial charge in [0, 0.05) is 0 Å². The molecule has 2 unspecified atom stereocenters. The lowest BCUT2D eigenvalue weighted by Gasteiger charge is -1.93. The van der Waals surface area contributed by atoms with Gasteiger partial charge in [-0.05, 0) is 6.92 Å². The van der Waals surface area contributed by atoms with E-state index < -0.39 is 0 Å². The Morgan fingerprint density at radius 2 is 2.38 bits per heavy atom. The highest BCUT2D eigenvalue weighted by Gasteiger charge is 2.38. The third kappa shape index (κ3) is 0.835. The average molecular weight is 111 g/mol. The van der Waals surface area contributed by atoms with Crippen LogP contribution in [-0.4, -0.2) is 18.2 Å². The van der Waals surface area contributed by atoms with E-state index in [9.17, 15) is 0 Å². The molecule has 1 saturated heterocycles. The van der Waals surface area contributed by atoms with Gasteiger partial charge >= 0.3 is 0 Å². The Balaban J connectivity index is 2.31. The second-order valence-electron chi connectivity index (χ2n) is 2.00. The van der Waals surface area contributed by atoms with Crippen LogP contribution in [0, 0.1) is 12.3 Å². The Labute approximate surface area is 49.0 Å². The highest BCUT2D eigenvalue weighted by Crippen LogP contribution is 2.22. The first-order valence-electron chi connectivity index (χ1n) is 2.63. The van der Waals surface area contributed by atoms with Crippen molar-refractivity contribution < 1.29 is 4.74 Å². The summed E-state index contributed by atoms with van der Waals surface area (Å²) in [5.74, 6) is 2.41. The summed E-state index contributed by atoms with van der Waals surface area (Å²) in [7, 11) is 0. The van der Waals surface area contributed by atoms with E-state index in [0.717, 1.165) is 0 Å². The molecule has 0 spiro atoms. The van der Waals surface area contributed by atoms with Crippen LogP contribution in [0.15, 0.2) is 0 Å². The van der Waals surface area contributed by atoms with Crippen molar-refractivity contribution in [3.05, 3.63) is 0 Å². The van der Waals surface area contributed by atoms with E-state index in [1.807, 2.05) is 6.92 Å². The van der Waals surface area contributed by atoms with Gasteiger partial charge in [0.2, 0.25) is 0 Å². The minimum Gasteiger partial charge on any atom is -0.367 e. The molecule has 44 valence electrons. The van der Waals surface area contributed by atoms with Gasteiger partial charge in [-0.2, -0.15) is 0 Å². The van der Waals surface area contributed by atoms with Crippen molar-refractivity contribution in [2.45, 2.75) is 25.2 Å². The molecule has 8 heavy (non-hydrogen) atoms. The minimum absolute atomic E-state index is 0.125. The second kappa shape index (κ2) is 1.77. The number of rotatable bonds is 1. The van der Waals surface area contributed by atoms with E-state index in [4.69, 9.17) is 16.9 Å². The van der Waals surface area contributed by atoms with E-state index in [0.29, 0.717) is 0 Å². The monoisotopic (exact) mass is 111 g/mol. The van der Waals surface area contributed by atoms with Gasteiger partial charge in [0.15, 0.2) is 0 Å². The predicted molar refractivity (Wildman–Crippen MR) is 31.1 cm³/mol. The van der Waals surface area contributed by atoms with Crippen molar-refractivity contribution in [3.8, 4) is 12.3 Å². The van der Waals surface area contributed by atoms with Crippen molar-refractivity contribution in [2.24, 2.45) is 5.73 Å². The van der Waals surface area contributed by atoms with Crippen molar-refractivity contribution in [1.82, 2.24) is 0 Å². The molecule has 2 N–H and O–H groups in total. The molecule has 3 atom stereocenters. The SMILES string of the molecule is C#C[C@@H](N)C1OC1C. The molecular formula is C6H9NO. The summed E-state index contributed by atoms with van der Waals surface area (Å²) in [6.07, 6.45) is 5.42. The molecule has 1 aliphatic rings. The van der Waals surface area contributed by atoms with Crippen molar-refractivity contribution in [3.63, 3.8) is 0 Å². The van der Waals surface area contributed by atoms with Gasteiger partial charge in [0.25, 0.3) is 0 Å². The standard InChI is InChI=1S/C6H9NO/c1-3-5(7)6-4(2)8-6/h1,4-6H,7H2,2H3/t4?,5-,6?/m1/s1. The summed E-state index contributed by atoms with van der Waals surface area (Å²) in [5.41, 5.74) is 5.41. The van der Waals surface area contributed by atoms with Gasteiger partial charge in [0.05, 0.1) is 12.1 Å². The zero-order valence-electron chi connectivity index (χ0n) is 4.79. The highest BCUT2D eigenvalue weighted by molar-refractivity contribution is 5.07. The topological polar surface area (TPSA) is 38.5 Å². The Morgan fingerprint density at radius 1 is 1.88 bits per heavy atom. The minimum atomic E-state index is -0.204. The van der Waals surface area contributed by atoms with Gasteiger partial charge in [-0.3, -0.25) is 0 Å². The molecule has 0 aromatic heterocycles. The molecule has 0 bridgehead atoms. The van der Waals surface area contributed by atoms with Crippen molar-refractivity contribution in [2.75, 3.05) is 0 Å². The molecule has 0 aromatic rings. The van der Waals surface area contributed by atoms with Crippen LogP contribution >= 0.6 is 0 Å². The van der Waals surface area contributed by atoms with Gasteiger partial charge in [-0.15, -0.1) is 6.42 Å².